The molecule has 0 unspecified atom stereocenters. The Kier molecular flexibility index (Phi) is 5.94. The second-order valence-corrected chi connectivity index (χ2v) is 4.95. The van der Waals surface area contributed by atoms with Gasteiger partial charge >= 0.3 is 0 Å². The van der Waals surface area contributed by atoms with Gasteiger partial charge in [0.2, 0.25) is 17.8 Å². The Labute approximate surface area is 125 Å². The van der Waals surface area contributed by atoms with Crippen LogP contribution in [0.4, 0.5) is 17.8 Å². The highest BCUT2D eigenvalue weighted by Crippen LogP contribution is 2.14. The predicted molar refractivity (Wildman–Crippen MR) is 84.1 cm³/mol. The topological polar surface area (TPSA) is 78.4 Å². The van der Waals surface area contributed by atoms with Crippen molar-refractivity contribution in [3.63, 3.8) is 0 Å². The van der Waals surface area contributed by atoms with Gasteiger partial charge in [0.05, 0.1) is 13.2 Å². The molecule has 1 aromatic heterocycles. The molecular weight excluding hydrogens is 270 g/mol. The minimum atomic E-state index is 0.581. The van der Waals surface area contributed by atoms with Gasteiger partial charge < -0.3 is 25.2 Å². The fourth-order valence-corrected chi connectivity index (χ4v) is 1.98. The molecule has 118 valence electrons. The van der Waals surface area contributed by atoms with Crippen LogP contribution < -0.4 is 15.5 Å². The Morgan fingerprint density at radius 3 is 2.57 bits per heavy atom. The third kappa shape index (κ3) is 4.68. The Morgan fingerprint density at radius 2 is 1.90 bits per heavy atom. The maximum absolute atomic E-state index is 5.36. The lowest BCUT2D eigenvalue weighted by Gasteiger charge is -2.27. The lowest BCUT2D eigenvalue weighted by molar-refractivity contribution is 0.122. The highest BCUT2D eigenvalue weighted by atomic mass is 16.5. The van der Waals surface area contributed by atoms with Gasteiger partial charge in [0.25, 0.3) is 0 Å². The Bertz CT molecular complexity index is 437. The zero-order valence-corrected chi connectivity index (χ0v) is 13.1. The van der Waals surface area contributed by atoms with E-state index in [9.17, 15) is 0 Å². The van der Waals surface area contributed by atoms with E-state index in [2.05, 4.69) is 49.4 Å². The standard InChI is InChI=1S/C13H25N7O/c1-4-19(3)6-5-15-12-16-11(14-2)17-13(18-12)20-7-9-21-10-8-20/h4-10H2,1-3H3,(H2,14,15,16,17,18). The number of morpholine rings is 1. The Morgan fingerprint density at radius 1 is 1.19 bits per heavy atom. The van der Waals surface area contributed by atoms with Crippen LogP contribution in [-0.2, 0) is 4.74 Å². The first-order valence-electron chi connectivity index (χ1n) is 7.42. The molecular formula is C13H25N7O. The smallest absolute Gasteiger partial charge is 0.232 e. The molecule has 8 heteroatoms. The largest absolute Gasteiger partial charge is 0.378 e. The normalized spacial score (nSPS) is 15.3. The summed E-state index contributed by atoms with van der Waals surface area (Å²) in [6.45, 7) is 7.97. The first-order valence-corrected chi connectivity index (χ1v) is 7.42. The molecule has 1 fully saturated rings. The van der Waals surface area contributed by atoms with Gasteiger partial charge in [0.1, 0.15) is 0 Å². The average molecular weight is 295 g/mol. The Hall–Kier alpha value is -1.67. The van der Waals surface area contributed by atoms with Gasteiger partial charge in [-0.25, -0.2) is 0 Å². The molecule has 0 spiro atoms. The number of nitrogens with one attached hydrogen (secondary N) is 2. The lowest BCUT2D eigenvalue weighted by atomic mass is 10.4. The summed E-state index contributed by atoms with van der Waals surface area (Å²) in [6, 6.07) is 0. The van der Waals surface area contributed by atoms with Crippen LogP contribution in [0.2, 0.25) is 0 Å². The molecule has 2 N–H and O–H groups in total. The van der Waals surface area contributed by atoms with Crippen molar-refractivity contribution < 1.29 is 4.74 Å². The number of hydrogen-bond donors (Lipinski definition) is 2. The van der Waals surface area contributed by atoms with Crippen molar-refractivity contribution in [2.75, 3.05) is 75.6 Å². The summed E-state index contributed by atoms with van der Waals surface area (Å²) in [7, 11) is 3.90. The summed E-state index contributed by atoms with van der Waals surface area (Å²) in [4.78, 5) is 17.6. The number of rotatable bonds is 7. The SMILES string of the molecule is CCN(C)CCNc1nc(NC)nc(N2CCOCC2)n1. The monoisotopic (exact) mass is 295 g/mol. The maximum Gasteiger partial charge on any atom is 0.232 e. The van der Waals surface area contributed by atoms with Gasteiger partial charge in [-0.1, -0.05) is 6.92 Å². The molecule has 8 nitrogen and oxygen atoms in total. The minimum absolute atomic E-state index is 0.581. The number of aromatic nitrogens is 3. The van der Waals surface area contributed by atoms with E-state index in [1.807, 2.05) is 7.05 Å². The van der Waals surface area contributed by atoms with Crippen LogP contribution in [0, 0.1) is 0 Å². The van der Waals surface area contributed by atoms with Crippen LogP contribution in [0.25, 0.3) is 0 Å². The van der Waals surface area contributed by atoms with Crippen molar-refractivity contribution in [1.82, 2.24) is 19.9 Å². The van der Waals surface area contributed by atoms with Crippen molar-refractivity contribution in [3.05, 3.63) is 0 Å². The molecule has 0 saturated carbocycles. The first-order chi connectivity index (χ1) is 10.2. The van der Waals surface area contributed by atoms with Crippen molar-refractivity contribution in [1.29, 1.82) is 0 Å². The number of anilines is 3. The molecule has 0 amide bonds. The van der Waals surface area contributed by atoms with Crippen LogP contribution >= 0.6 is 0 Å². The summed E-state index contributed by atoms with van der Waals surface area (Å²) in [5.41, 5.74) is 0. The van der Waals surface area contributed by atoms with Gasteiger partial charge in [0, 0.05) is 33.2 Å². The molecule has 21 heavy (non-hydrogen) atoms. The van der Waals surface area contributed by atoms with E-state index in [-0.39, 0.29) is 0 Å². The zero-order valence-electron chi connectivity index (χ0n) is 13.1. The fourth-order valence-electron chi connectivity index (χ4n) is 1.98. The minimum Gasteiger partial charge on any atom is -0.378 e. The molecule has 0 bridgehead atoms. The predicted octanol–water partition coefficient (Wildman–Crippen LogP) is 0.114. The third-order valence-corrected chi connectivity index (χ3v) is 3.46. The van der Waals surface area contributed by atoms with E-state index in [0.717, 1.165) is 32.7 Å². The van der Waals surface area contributed by atoms with Crippen molar-refractivity contribution in [2.24, 2.45) is 0 Å². The third-order valence-electron chi connectivity index (χ3n) is 3.46. The molecule has 0 radical (unpaired) electrons. The van der Waals surface area contributed by atoms with Crippen molar-refractivity contribution >= 4 is 17.8 Å². The number of likely N-dealkylation sites (N-methyl/N-ethyl adjacent to an activating group) is 1. The molecule has 1 aliphatic heterocycles. The average Bonchev–Trinajstić information content (AvgIpc) is 2.55. The molecule has 0 aromatic carbocycles. The maximum atomic E-state index is 5.36. The van der Waals surface area contributed by atoms with Crippen LogP contribution in [0.1, 0.15) is 6.92 Å². The highest BCUT2D eigenvalue weighted by Gasteiger charge is 2.16. The van der Waals surface area contributed by atoms with Gasteiger partial charge in [-0.15, -0.1) is 0 Å². The lowest BCUT2D eigenvalue weighted by Crippen LogP contribution is -2.37. The fraction of sp³-hybridized carbons (Fsp3) is 0.769. The Balaban J connectivity index is 2.02. The first kappa shape index (κ1) is 15.7. The van der Waals surface area contributed by atoms with Gasteiger partial charge in [-0.2, -0.15) is 15.0 Å². The number of hydrogen-bond acceptors (Lipinski definition) is 8. The second-order valence-electron chi connectivity index (χ2n) is 4.95. The molecule has 2 rings (SSSR count). The molecule has 0 aliphatic carbocycles. The molecule has 1 aliphatic rings. The zero-order chi connectivity index (χ0) is 15.1. The second kappa shape index (κ2) is 7.94. The van der Waals surface area contributed by atoms with E-state index < -0.39 is 0 Å². The summed E-state index contributed by atoms with van der Waals surface area (Å²) in [5.74, 6) is 1.89. The molecule has 1 saturated heterocycles. The van der Waals surface area contributed by atoms with Crippen LogP contribution in [-0.4, -0.2) is 79.9 Å². The number of ether oxygens (including phenoxy) is 1. The van der Waals surface area contributed by atoms with Crippen LogP contribution in [0.15, 0.2) is 0 Å². The van der Waals surface area contributed by atoms with E-state index in [1.165, 1.54) is 0 Å². The van der Waals surface area contributed by atoms with E-state index in [0.29, 0.717) is 31.1 Å². The van der Waals surface area contributed by atoms with E-state index >= 15 is 0 Å². The molecule has 2 heterocycles. The van der Waals surface area contributed by atoms with Gasteiger partial charge in [-0.3, -0.25) is 0 Å². The summed E-state index contributed by atoms with van der Waals surface area (Å²) >= 11 is 0. The summed E-state index contributed by atoms with van der Waals surface area (Å²) in [6.07, 6.45) is 0. The van der Waals surface area contributed by atoms with Crippen LogP contribution in [0.3, 0.4) is 0 Å². The summed E-state index contributed by atoms with van der Waals surface area (Å²) in [5, 5.41) is 6.25. The highest BCUT2D eigenvalue weighted by molar-refractivity contribution is 5.43. The van der Waals surface area contributed by atoms with Gasteiger partial charge in [-0.05, 0) is 13.6 Å². The van der Waals surface area contributed by atoms with Crippen molar-refractivity contribution in [2.45, 2.75) is 6.92 Å². The summed E-state index contributed by atoms with van der Waals surface area (Å²) < 4.78 is 5.36. The van der Waals surface area contributed by atoms with E-state index in [1.54, 1.807) is 0 Å². The van der Waals surface area contributed by atoms with Crippen LogP contribution in [0.5, 0.6) is 0 Å². The van der Waals surface area contributed by atoms with E-state index in [4.69, 9.17) is 4.74 Å². The molecule has 1 aromatic rings. The molecule has 0 atom stereocenters. The number of nitrogens with zero attached hydrogens (tertiary/aromatic N) is 5. The van der Waals surface area contributed by atoms with Crippen molar-refractivity contribution in [3.8, 4) is 0 Å². The van der Waals surface area contributed by atoms with Gasteiger partial charge in [0.15, 0.2) is 0 Å². The quantitative estimate of drug-likeness (QED) is 0.734.